The topological polar surface area (TPSA) is 54.5 Å². The summed E-state index contributed by atoms with van der Waals surface area (Å²) < 4.78 is 17.9. The molecule has 3 aliphatic rings. The van der Waals surface area contributed by atoms with Gasteiger partial charge in [0.05, 0.1) is 17.7 Å². The molecule has 0 radical (unpaired) electrons. The molecule has 8 heteroatoms. The SMILES string of the molecule is CC(C)(C)OC(=O)CN1CCC(N2CCN(c3ccc(B4OC(C)(C)C(C)(C)O4)cc3)CC2)CC1. The van der Waals surface area contributed by atoms with Gasteiger partial charge in [-0.25, -0.2) is 0 Å². The highest BCUT2D eigenvalue weighted by Gasteiger charge is 2.51. The number of likely N-dealkylation sites (tertiary alicyclic amines) is 1. The summed E-state index contributed by atoms with van der Waals surface area (Å²) in [6.45, 7) is 20.7. The number of piperidine rings is 1. The summed E-state index contributed by atoms with van der Waals surface area (Å²) in [5.41, 5.74) is 1.28. The molecule has 35 heavy (non-hydrogen) atoms. The molecule has 7 nitrogen and oxygen atoms in total. The van der Waals surface area contributed by atoms with E-state index < -0.39 is 5.60 Å². The Morgan fingerprint density at radius 1 is 0.943 bits per heavy atom. The number of benzene rings is 1. The van der Waals surface area contributed by atoms with Gasteiger partial charge in [0.1, 0.15) is 5.60 Å². The van der Waals surface area contributed by atoms with Crippen molar-refractivity contribution in [1.29, 1.82) is 0 Å². The first kappa shape index (κ1) is 26.5. The lowest BCUT2D eigenvalue weighted by molar-refractivity contribution is -0.156. The van der Waals surface area contributed by atoms with Crippen molar-refractivity contribution in [1.82, 2.24) is 9.80 Å². The van der Waals surface area contributed by atoms with Crippen molar-refractivity contribution in [3.05, 3.63) is 24.3 Å². The fourth-order valence-corrected chi connectivity index (χ4v) is 5.17. The maximum Gasteiger partial charge on any atom is 0.494 e. The van der Waals surface area contributed by atoms with Crippen molar-refractivity contribution >= 4 is 24.2 Å². The molecule has 0 aliphatic carbocycles. The van der Waals surface area contributed by atoms with E-state index in [0.29, 0.717) is 12.6 Å². The predicted molar refractivity (Wildman–Crippen MR) is 141 cm³/mol. The molecule has 0 saturated carbocycles. The molecule has 0 bridgehead atoms. The number of rotatable bonds is 5. The van der Waals surface area contributed by atoms with Crippen LogP contribution in [-0.2, 0) is 18.8 Å². The van der Waals surface area contributed by atoms with E-state index in [1.165, 1.54) is 5.69 Å². The Bertz CT molecular complexity index is 851. The largest absolute Gasteiger partial charge is 0.494 e. The first-order valence-corrected chi connectivity index (χ1v) is 13.2. The molecule has 3 aliphatic heterocycles. The van der Waals surface area contributed by atoms with E-state index in [2.05, 4.69) is 66.7 Å². The molecule has 3 fully saturated rings. The van der Waals surface area contributed by atoms with Crippen LogP contribution in [0.4, 0.5) is 5.69 Å². The van der Waals surface area contributed by atoms with Gasteiger partial charge < -0.3 is 18.9 Å². The third-order valence-electron chi connectivity index (χ3n) is 7.94. The van der Waals surface area contributed by atoms with E-state index in [-0.39, 0.29) is 24.3 Å². The van der Waals surface area contributed by atoms with Gasteiger partial charge in [0, 0.05) is 51.0 Å². The van der Waals surface area contributed by atoms with Gasteiger partial charge in [-0.2, -0.15) is 0 Å². The molecule has 1 aromatic carbocycles. The minimum atomic E-state index is -0.415. The van der Waals surface area contributed by atoms with Gasteiger partial charge in [0.15, 0.2) is 0 Å². The number of nitrogens with zero attached hydrogens (tertiary/aromatic N) is 3. The van der Waals surface area contributed by atoms with Gasteiger partial charge in [-0.15, -0.1) is 0 Å². The number of carbonyl (C=O) groups excluding carboxylic acids is 1. The van der Waals surface area contributed by atoms with E-state index in [0.717, 1.165) is 57.6 Å². The number of anilines is 1. The highest BCUT2D eigenvalue weighted by atomic mass is 16.7. The van der Waals surface area contributed by atoms with Crippen molar-refractivity contribution in [2.45, 2.75) is 84.2 Å². The lowest BCUT2D eigenvalue weighted by Gasteiger charge is -2.43. The van der Waals surface area contributed by atoms with Crippen LogP contribution in [0.25, 0.3) is 0 Å². The normalized spacial score (nSPS) is 24.1. The first-order chi connectivity index (χ1) is 16.3. The Kier molecular flexibility index (Phi) is 7.59. The van der Waals surface area contributed by atoms with Gasteiger partial charge in [-0.05, 0) is 78.9 Å². The Labute approximate surface area is 212 Å². The zero-order valence-corrected chi connectivity index (χ0v) is 22.8. The maximum atomic E-state index is 12.1. The highest BCUT2D eigenvalue weighted by molar-refractivity contribution is 6.62. The highest BCUT2D eigenvalue weighted by Crippen LogP contribution is 2.36. The van der Waals surface area contributed by atoms with E-state index in [4.69, 9.17) is 14.0 Å². The lowest BCUT2D eigenvalue weighted by atomic mass is 9.79. The average molecular weight is 485 g/mol. The van der Waals surface area contributed by atoms with Crippen LogP contribution >= 0.6 is 0 Å². The summed E-state index contributed by atoms with van der Waals surface area (Å²) in [6, 6.07) is 9.29. The molecule has 0 unspecified atom stereocenters. The lowest BCUT2D eigenvalue weighted by Crippen LogP contribution is -2.53. The van der Waals surface area contributed by atoms with Crippen molar-refractivity contribution in [2.75, 3.05) is 50.7 Å². The number of piperazine rings is 1. The van der Waals surface area contributed by atoms with E-state index >= 15 is 0 Å². The monoisotopic (exact) mass is 485 g/mol. The molecule has 0 spiro atoms. The minimum Gasteiger partial charge on any atom is -0.459 e. The number of hydrogen-bond acceptors (Lipinski definition) is 7. The standard InChI is InChI=1S/C27H44BN3O4/c1-25(2,3)33-24(32)20-29-14-12-23(13-15-29)31-18-16-30(17-19-31)22-10-8-21(9-11-22)28-34-26(4,5)27(6,7)35-28/h8-11,23H,12-20H2,1-7H3. The summed E-state index contributed by atoms with van der Waals surface area (Å²) in [4.78, 5) is 19.5. The predicted octanol–water partition coefficient (Wildman–Crippen LogP) is 2.91. The average Bonchev–Trinajstić information content (AvgIpc) is 3.00. The van der Waals surface area contributed by atoms with Crippen molar-refractivity contribution < 1.29 is 18.8 Å². The van der Waals surface area contributed by atoms with Gasteiger partial charge in [-0.3, -0.25) is 14.6 Å². The third-order valence-corrected chi connectivity index (χ3v) is 7.94. The molecular formula is C27H44BN3O4. The molecule has 0 amide bonds. The summed E-state index contributed by atoms with van der Waals surface area (Å²) in [5, 5.41) is 0. The third kappa shape index (κ3) is 6.40. The summed E-state index contributed by atoms with van der Waals surface area (Å²) in [6.07, 6.45) is 2.23. The van der Waals surface area contributed by atoms with Crippen molar-refractivity contribution in [2.24, 2.45) is 0 Å². The molecule has 0 atom stereocenters. The number of ether oxygens (including phenoxy) is 1. The molecular weight excluding hydrogens is 441 g/mol. The second-order valence-electron chi connectivity index (χ2n) is 12.3. The molecule has 0 aromatic heterocycles. The van der Waals surface area contributed by atoms with Crippen LogP contribution in [0.5, 0.6) is 0 Å². The number of esters is 1. The molecule has 0 N–H and O–H groups in total. The molecule has 1 aromatic rings. The Morgan fingerprint density at radius 3 is 2.00 bits per heavy atom. The second-order valence-corrected chi connectivity index (χ2v) is 12.3. The van der Waals surface area contributed by atoms with E-state index in [9.17, 15) is 4.79 Å². The van der Waals surface area contributed by atoms with Crippen LogP contribution in [0.1, 0.15) is 61.3 Å². The van der Waals surface area contributed by atoms with Crippen LogP contribution in [-0.4, -0.2) is 91.5 Å². The van der Waals surface area contributed by atoms with Crippen LogP contribution in [0, 0.1) is 0 Å². The fraction of sp³-hybridized carbons (Fsp3) is 0.741. The minimum absolute atomic E-state index is 0.117. The van der Waals surface area contributed by atoms with Crippen LogP contribution < -0.4 is 10.4 Å². The quantitative estimate of drug-likeness (QED) is 0.470. The van der Waals surface area contributed by atoms with E-state index in [1.54, 1.807) is 0 Å². The van der Waals surface area contributed by atoms with Crippen LogP contribution in [0.2, 0.25) is 0 Å². The summed E-state index contributed by atoms with van der Waals surface area (Å²) in [7, 11) is -0.313. The van der Waals surface area contributed by atoms with Crippen molar-refractivity contribution in [3.63, 3.8) is 0 Å². The number of carbonyl (C=O) groups is 1. The Balaban J connectivity index is 1.22. The van der Waals surface area contributed by atoms with Crippen molar-refractivity contribution in [3.8, 4) is 0 Å². The zero-order chi connectivity index (χ0) is 25.4. The summed E-state index contributed by atoms with van der Waals surface area (Å²) in [5.74, 6) is -0.117. The van der Waals surface area contributed by atoms with Crippen LogP contribution in [0.15, 0.2) is 24.3 Å². The van der Waals surface area contributed by atoms with Crippen LogP contribution in [0.3, 0.4) is 0 Å². The second kappa shape index (κ2) is 10.0. The summed E-state index contributed by atoms with van der Waals surface area (Å²) >= 11 is 0. The fourth-order valence-electron chi connectivity index (χ4n) is 5.17. The molecule has 4 rings (SSSR count). The van der Waals surface area contributed by atoms with E-state index in [1.807, 2.05) is 20.8 Å². The van der Waals surface area contributed by atoms with Gasteiger partial charge in [0.25, 0.3) is 0 Å². The molecule has 3 saturated heterocycles. The Hall–Kier alpha value is -1.61. The zero-order valence-electron chi connectivity index (χ0n) is 22.8. The maximum absolute atomic E-state index is 12.1. The van der Waals surface area contributed by atoms with Gasteiger partial charge >= 0.3 is 13.1 Å². The molecule has 194 valence electrons. The van der Waals surface area contributed by atoms with Gasteiger partial charge in [0.2, 0.25) is 0 Å². The van der Waals surface area contributed by atoms with Gasteiger partial charge in [-0.1, -0.05) is 12.1 Å². The number of hydrogen-bond donors (Lipinski definition) is 0. The Morgan fingerprint density at radius 2 is 1.49 bits per heavy atom. The molecule has 3 heterocycles. The smallest absolute Gasteiger partial charge is 0.459 e. The first-order valence-electron chi connectivity index (χ1n) is 13.2.